The fraction of sp³-hybridized carbons (Fsp3) is 0.333. The highest BCUT2D eigenvalue weighted by molar-refractivity contribution is 14.1. The van der Waals surface area contributed by atoms with Crippen LogP contribution >= 0.6 is 22.6 Å². The van der Waals surface area contributed by atoms with Gasteiger partial charge in [-0.25, -0.2) is 9.18 Å². The van der Waals surface area contributed by atoms with Crippen molar-refractivity contribution in [3.05, 3.63) is 63.0 Å². The van der Waals surface area contributed by atoms with E-state index in [0.717, 1.165) is 5.56 Å². The predicted molar refractivity (Wildman–Crippen MR) is 116 cm³/mol. The van der Waals surface area contributed by atoms with Gasteiger partial charge in [0.2, 0.25) is 0 Å². The van der Waals surface area contributed by atoms with Crippen LogP contribution in [0.15, 0.2) is 42.5 Å². The molecule has 0 aliphatic rings. The number of para-hydroxylation sites is 1. The summed E-state index contributed by atoms with van der Waals surface area (Å²) in [6.07, 6.45) is -0.413. The second-order valence-electron chi connectivity index (χ2n) is 7.23. The molecule has 0 spiro atoms. The highest BCUT2D eigenvalue weighted by Gasteiger charge is 2.22. The summed E-state index contributed by atoms with van der Waals surface area (Å²) in [6.45, 7) is 8.08. The molecule has 0 heterocycles. The third-order valence-corrected chi connectivity index (χ3v) is 4.73. The summed E-state index contributed by atoms with van der Waals surface area (Å²) < 4.78 is 19.3. The lowest BCUT2D eigenvalue weighted by Gasteiger charge is -2.27. The molecule has 0 radical (unpaired) electrons. The third-order valence-electron chi connectivity index (χ3n) is 3.84. The number of hydrogen-bond acceptors (Lipinski definition) is 3. The van der Waals surface area contributed by atoms with Gasteiger partial charge in [0.25, 0.3) is 5.91 Å². The van der Waals surface area contributed by atoms with Crippen molar-refractivity contribution in [2.75, 3.05) is 11.9 Å². The molecule has 0 bridgehead atoms. The molecule has 0 saturated heterocycles. The van der Waals surface area contributed by atoms with Gasteiger partial charge in [0.05, 0.1) is 12.1 Å². The van der Waals surface area contributed by atoms with E-state index in [0.29, 0.717) is 27.9 Å². The van der Waals surface area contributed by atoms with Crippen molar-refractivity contribution in [3.63, 3.8) is 0 Å². The average molecular weight is 498 g/mol. The van der Waals surface area contributed by atoms with Crippen molar-refractivity contribution in [3.8, 4) is 0 Å². The van der Waals surface area contributed by atoms with E-state index in [1.54, 1.807) is 17.0 Å². The average Bonchev–Trinajstić information content (AvgIpc) is 2.59. The molecule has 0 saturated carbocycles. The van der Waals surface area contributed by atoms with Crippen molar-refractivity contribution in [2.45, 2.75) is 39.8 Å². The van der Waals surface area contributed by atoms with Gasteiger partial charge in [-0.2, -0.15) is 0 Å². The van der Waals surface area contributed by atoms with Crippen LogP contribution in [0.4, 0.5) is 14.9 Å². The molecule has 2 aromatic carbocycles. The van der Waals surface area contributed by atoms with Crippen molar-refractivity contribution in [2.24, 2.45) is 0 Å². The van der Waals surface area contributed by atoms with Gasteiger partial charge in [0.15, 0.2) is 0 Å². The second kappa shape index (κ2) is 9.36. The van der Waals surface area contributed by atoms with E-state index in [1.165, 1.54) is 18.2 Å². The van der Waals surface area contributed by atoms with Crippen LogP contribution in [0.3, 0.4) is 0 Å². The van der Waals surface area contributed by atoms with Crippen molar-refractivity contribution >= 4 is 40.3 Å². The number of rotatable bonds is 5. The van der Waals surface area contributed by atoms with Crippen LogP contribution in [0.5, 0.6) is 0 Å². The SMILES string of the molecule is CCN(Cc1ccccc1NC(=O)c1ccc(F)cc1I)C(=O)OC(C)(C)C. The summed E-state index contributed by atoms with van der Waals surface area (Å²) in [7, 11) is 0. The molecule has 28 heavy (non-hydrogen) atoms. The summed E-state index contributed by atoms with van der Waals surface area (Å²) >= 11 is 1.93. The van der Waals surface area contributed by atoms with Gasteiger partial charge < -0.3 is 15.0 Å². The van der Waals surface area contributed by atoms with Crippen LogP contribution in [0.2, 0.25) is 0 Å². The zero-order valence-corrected chi connectivity index (χ0v) is 18.5. The van der Waals surface area contributed by atoms with Crippen LogP contribution < -0.4 is 5.32 Å². The molecule has 0 unspecified atom stereocenters. The smallest absolute Gasteiger partial charge is 0.410 e. The maximum atomic E-state index is 13.3. The number of nitrogens with one attached hydrogen (secondary N) is 1. The Hall–Kier alpha value is -2.16. The molecular weight excluding hydrogens is 474 g/mol. The Kier molecular flexibility index (Phi) is 7.40. The van der Waals surface area contributed by atoms with E-state index < -0.39 is 17.5 Å². The molecule has 7 heteroatoms. The second-order valence-corrected chi connectivity index (χ2v) is 8.39. The minimum atomic E-state index is -0.586. The summed E-state index contributed by atoms with van der Waals surface area (Å²) in [5.74, 6) is -0.727. The van der Waals surface area contributed by atoms with Gasteiger partial charge in [-0.1, -0.05) is 18.2 Å². The molecule has 1 N–H and O–H groups in total. The Balaban J connectivity index is 2.20. The Morgan fingerprint density at radius 3 is 2.46 bits per heavy atom. The largest absolute Gasteiger partial charge is 0.444 e. The zero-order chi connectivity index (χ0) is 20.9. The summed E-state index contributed by atoms with van der Waals surface area (Å²) in [5, 5.41) is 2.86. The van der Waals surface area contributed by atoms with Gasteiger partial charge in [-0.05, 0) is 80.1 Å². The van der Waals surface area contributed by atoms with Gasteiger partial charge >= 0.3 is 6.09 Å². The van der Waals surface area contributed by atoms with E-state index in [9.17, 15) is 14.0 Å². The van der Waals surface area contributed by atoms with E-state index in [1.807, 2.05) is 62.4 Å². The van der Waals surface area contributed by atoms with Gasteiger partial charge in [-0.3, -0.25) is 4.79 Å². The first-order valence-corrected chi connectivity index (χ1v) is 10.0. The number of hydrogen-bond donors (Lipinski definition) is 1. The lowest BCUT2D eigenvalue weighted by Crippen LogP contribution is -2.36. The summed E-state index contributed by atoms with van der Waals surface area (Å²) in [5.41, 5.74) is 1.17. The highest BCUT2D eigenvalue weighted by atomic mass is 127. The zero-order valence-electron chi connectivity index (χ0n) is 16.4. The fourth-order valence-corrected chi connectivity index (χ4v) is 3.20. The predicted octanol–water partition coefficient (Wildman–Crippen LogP) is 5.44. The van der Waals surface area contributed by atoms with Crippen molar-refractivity contribution in [1.82, 2.24) is 4.90 Å². The molecule has 150 valence electrons. The first kappa shape index (κ1) is 22.1. The number of ether oxygens (including phenoxy) is 1. The Morgan fingerprint density at radius 1 is 1.18 bits per heavy atom. The molecule has 0 fully saturated rings. The first-order valence-electron chi connectivity index (χ1n) is 8.93. The lowest BCUT2D eigenvalue weighted by molar-refractivity contribution is 0.0245. The number of halogens is 2. The van der Waals surface area contributed by atoms with Gasteiger partial charge in [0.1, 0.15) is 11.4 Å². The normalized spacial score (nSPS) is 11.1. The minimum Gasteiger partial charge on any atom is -0.444 e. The molecule has 0 atom stereocenters. The van der Waals surface area contributed by atoms with Crippen molar-refractivity contribution < 1.29 is 18.7 Å². The van der Waals surface area contributed by atoms with Gasteiger partial charge in [0, 0.05) is 15.8 Å². The minimum absolute atomic E-state index is 0.294. The van der Waals surface area contributed by atoms with Crippen LogP contribution in [0.1, 0.15) is 43.6 Å². The lowest BCUT2D eigenvalue weighted by atomic mass is 10.1. The van der Waals surface area contributed by atoms with E-state index in [-0.39, 0.29) is 5.91 Å². The maximum Gasteiger partial charge on any atom is 0.410 e. The van der Waals surface area contributed by atoms with Crippen molar-refractivity contribution in [1.29, 1.82) is 0 Å². The van der Waals surface area contributed by atoms with Crippen LogP contribution in [0.25, 0.3) is 0 Å². The molecule has 2 amide bonds. The van der Waals surface area contributed by atoms with Crippen LogP contribution in [-0.4, -0.2) is 29.0 Å². The molecule has 0 aliphatic carbocycles. The van der Waals surface area contributed by atoms with Crippen LogP contribution in [-0.2, 0) is 11.3 Å². The standard InChI is InChI=1S/C21H24FIN2O3/c1-5-25(20(27)28-21(2,3)4)13-14-8-6-7-9-18(14)24-19(26)16-11-10-15(22)12-17(16)23/h6-12H,5,13H2,1-4H3,(H,24,26). The van der Waals surface area contributed by atoms with Gasteiger partial charge in [-0.15, -0.1) is 0 Å². The molecule has 2 rings (SSSR count). The number of nitrogens with zero attached hydrogens (tertiary/aromatic N) is 1. The fourth-order valence-electron chi connectivity index (χ4n) is 2.48. The number of anilines is 1. The summed E-state index contributed by atoms with van der Waals surface area (Å²) in [4.78, 5) is 26.6. The highest BCUT2D eigenvalue weighted by Crippen LogP contribution is 2.21. The number of benzene rings is 2. The first-order chi connectivity index (χ1) is 13.1. The topological polar surface area (TPSA) is 58.6 Å². The number of carbonyl (C=O) groups is 2. The summed E-state index contributed by atoms with van der Waals surface area (Å²) in [6, 6.07) is 11.3. The van der Waals surface area contributed by atoms with E-state index in [2.05, 4.69) is 5.32 Å². The Bertz CT molecular complexity index is 865. The quantitative estimate of drug-likeness (QED) is 0.559. The molecular formula is C21H24FIN2O3. The molecule has 0 aliphatic heterocycles. The molecule has 2 aromatic rings. The monoisotopic (exact) mass is 498 g/mol. The number of carbonyl (C=O) groups excluding carboxylic acids is 2. The Labute approximate surface area is 178 Å². The van der Waals surface area contributed by atoms with E-state index >= 15 is 0 Å². The third kappa shape index (κ3) is 6.19. The van der Waals surface area contributed by atoms with E-state index in [4.69, 9.17) is 4.74 Å². The Morgan fingerprint density at radius 2 is 1.86 bits per heavy atom. The molecule has 5 nitrogen and oxygen atoms in total. The number of amides is 2. The maximum absolute atomic E-state index is 13.3. The van der Waals surface area contributed by atoms with Crippen LogP contribution in [0, 0.1) is 9.39 Å². The molecule has 0 aromatic heterocycles.